The third kappa shape index (κ3) is 9.60. The molecule has 3 aromatic carbocycles. The Kier molecular flexibility index (Phi) is 11.7. The number of carbonyl (C=O) groups is 1. The number of phenols is 3. The summed E-state index contributed by atoms with van der Waals surface area (Å²) in [6.45, 7) is 1.38. The largest absolute Gasteiger partial charge is 0.508 e. The lowest BCUT2D eigenvalue weighted by molar-refractivity contribution is -0.114. The van der Waals surface area contributed by atoms with Crippen molar-refractivity contribution in [1.82, 2.24) is 5.32 Å². The van der Waals surface area contributed by atoms with Crippen LogP contribution >= 0.6 is 0 Å². The summed E-state index contributed by atoms with van der Waals surface area (Å²) >= 11 is 0. The Hall–Kier alpha value is -3.77. The van der Waals surface area contributed by atoms with E-state index in [9.17, 15) is 20.1 Å². The first kappa shape index (κ1) is 28.8. The Balaban J connectivity index is 1.49. The molecule has 0 radical (unpaired) electrons. The van der Waals surface area contributed by atoms with Gasteiger partial charge in [0.2, 0.25) is 0 Å². The molecule has 3 rings (SSSR count). The van der Waals surface area contributed by atoms with Crippen molar-refractivity contribution in [3.8, 4) is 34.1 Å². The minimum atomic E-state index is 0.0548. The van der Waals surface area contributed by atoms with E-state index in [1.165, 1.54) is 19.3 Å². The average Bonchev–Trinajstić information content (AvgIpc) is 2.91. The number of benzene rings is 3. The van der Waals surface area contributed by atoms with Crippen molar-refractivity contribution in [3.05, 3.63) is 83.9 Å². The van der Waals surface area contributed by atoms with E-state index in [4.69, 9.17) is 4.74 Å². The van der Waals surface area contributed by atoms with Crippen molar-refractivity contribution in [2.24, 2.45) is 0 Å². The minimum absolute atomic E-state index is 0.0548. The second-order valence-corrected chi connectivity index (χ2v) is 9.46. The Morgan fingerprint density at radius 1 is 0.868 bits per heavy atom. The summed E-state index contributed by atoms with van der Waals surface area (Å²) < 4.78 is 5.90. The molecule has 0 aliphatic rings. The highest BCUT2D eigenvalue weighted by Crippen LogP contribution is 2.31. The summed E-state index contributed by atoms with van der Waals surface area (Å²) in [6, 6.07) is 17.2. The molecule has 3 aromatic rings. The molecule has 38 heavy (non-hydrogen) atoms. The lowest BCUT2D eigenvalue weighted by Crippen LogP contribution is -2.06. The van der Waals surface area contributed by atoms with E-state index in [-0.39, 0.29) is 23.0 Å². The van der Waals surface area contributed by atoms with E-state index in [1.54, 1.807) is 54.6 Å². The maximum atomic E-state index is 12.3. The first-order valence-electron chi connectivity index (χ1n) is 13.4. The van der Waals surface area contributed by atoms with E-state index in [2.05, 4.69) is 5.32 Å². The van der Waals surface area contributed by atoms with Crippen molar-refractivity contribution in [2.45, 2.75) is 51.4 Å². The first-order valence-corrected chi connectivity index (χ1v) is 13.4. The van der Waals surface area contributed by atoms with Gasteiger partial charge in [0.05, 0.1) is 6.61 Å². The molecule has 0 amide bonds. The number of nitrogens with one attached hydrogen (secondary N) is 1. The van der Waals surface area contributed by atoms with Crippen LogP contribution in [0.15, 0.2) is 72.8 Å². The highest BCUT2D eigenvalue weighted by molar-refractivity contribution is 5.89. The average molecular weight is 518 g/mol. The number of ether oxygens (including phenoxy) is 1. The quantitative estimate of drug-likeness (QED) is 0.131. The molecule has 0 saturated heterocycles. The molecule has 6 nitrogen and oxygen atoms in total. The number of ketones is 1. The predicted octanol–water partition coefficient (Wildman–Crippen LogP) is 6.32. The molecule has 0 heterocycles. The van der Waals surface area contributed by atoms with Gasteiger partial charge in [0.15, 0.2) is 17.3 Å². The molecule has 0 saturated carbocycles. The third-order valence-electron chi connectivity index (χ3n) is 6.44. The highest BCUT2D eigenvalue weighted by Gasteiger charge is 2.10. The van der Waals surface area contributed by atoms with Gasteiger partial charge >= 0.3 is 0 Å². The normalized spacial score (nSPS) is 11.2. The second kappa shape index (κ2) is 15.5. The van der Waals surface area contributed by atoms with Crippen molar-refractivity contribution >= 4 is 5.78 Å². The number of aromatic hydroxyl groups is 3. The number of allylic oxidation sites excluding steroid dienone is 2. The number of phenolic OH excluding ortho intramolecular Hbond substituents is 3. The lowest BCUT2D eigenvalue weighted by atomic mass is 9.97. The van der Waals surface area contributed by atoms with Crippen LogP contribution in [-0.2, 0) is 17.6 Å². The molecule has 0 fully saturated rings. The van der Waals surface area contributed by atoms with Crippen molar-refractivity contribution < 1.29 is 24.9 Å². The van der Waals surface area contributed by atoms with Gasteiger partial charge in [-0.1, -0.05) is 43.2 Å². The van der Waals surface area contributed by atoms with Crippen LogP contribution in [0.5, 0.6) is 23.0 Å². The monoisotopic (exact) mass is 517 g/mol. The number of aryl methyl sites for hydroxylation is 1. The molecule has 6 heteroatoms. The fourth-order valence-electron chi connectivity index (χ4n) is 4.28. The van der Waals surface area contributed by atoms with Crippen LogP contribution in [0.2, 0.25) is 0 Å². The van der Waals surface area contributed by atoms with E-state index < -0.39 is 0 Å². The number of unbranched alkanes of at least 4 members (excludes halogenated alkanes) is 4. The fourth-order valence-corrected chi connectivity index (χ4v) is 4.28. The van der Waals surface area contributed by atoms with Crippen LogP contribution in [0.4, 0.5) is 0 Å². The summed E-state index contributed by atoms with van der Waals surface area (Å²) in [5.74, 6) is 0.878. The zero-order valence-electron chi connectivity index (χ0n) is 22.2. The number of rotatable bonds is 16. The van der Waals surface area contributed by atoms with E-state index >= 15 is 0 Å². The smallest absolute Gasteiger partial charge is 0.161 e. The van der Waals surface area contributed by atoms with Crippen LogP contribution in [0.25, 0.3) is 11.1 Å². The molecule has 0 bridgehead atoms. The maximum Gasteiger partial charge on any atom is 0.161 e. The third-order valence-corrected chi connectivity index (χ3v) is 6.44. The van der Waals surface area contributed by atoms with Gasteiger partial charge in [-0.15, -0.1) is 0 Å². The molecule has 0 atom stereocenters. The van der Waals surface area contributed by atoms with Crippen molar-refractivity contribution in [2.75, 3.05) is 20.2 Å². The van der Waals surface area contributed by atoms with E-state index in [0.717, 1.165) is 41.6 Å². The SMILES string of the molecule is CNCCCCCCC=CC(=O)CCc1ccc(O)c(OCCc2ccc(O)cc2-c2ccc(O)cc2)c1. The van der Waals surface area contributed by atoms with Gasteiger partial charge in [-0.25, -0.2) is 0 Å². The maximum absolute atomic E-state index is 12.3. The Morgan fingerprint density at radius 2 is 1.63 bits per heavy atom. The predicted molar refractivity (Wildman–Crippen MR) is 152 cm³/mol. The van der Waals surface area contributed by atoms with Crippen LogP contribution in [-0.4, -0.2) is 41.3 Å². The van der Waals surface area contributed by atoms with Crippen LogP contribution < -0.4 is 10.1 Å². The zero-order chi connectivity index (χ0) is 27.2. The minimum Gasteiger partial charge on any atom is -0.508 e. The van der Waals surface area contributed by atoms with Gasteiger partial charge in [0.1, 0.15) is 11.5 Å². The molecular formula is C32H39NO5. The van der Waals surface area contributed by atoms with Gasteiger partial charge < -0.3 is 25.4 Å². The first-order chi connectivity index (χ1) is 18.5. The molecule has 202 valence electrons. The molecule has 0 unspecified atom stereocenters. The summed E-state index contributed by atoms with van der Waals surface area (Å²) in [6.07, 6.45) is 10.8. The fraction of sp³-hybridized carbons (Fsp3) is 0.344. The molecule has 0 spiro atoms. The summed E-state index contributed by atoms with van der Waals surface area (Å²) in [7, 11) is 1.97. The highest BCUT2D eigenvalue weighted by atomic mass is 16.5. The molecular weight excluding hydrogens is 478 g/mol. The zero-order valence-corrected chi connectivity index (χ0v) is 22.2. The van der Waals surface area contributed by atoms with Gasteiger partial charge in [-0.3, -0.25) is 4.79 Å². The van der Waals surface area contributed by atoms with Crippen LogP contribution in [0.1, 0.15) is 49.7 Å². The lowest BCUT2D eigenvalue weighted by Gasteiger charge is -2.13. The topological polar surface area (TPSA) is 99.0 Å². The Bertz CT molecular complexity index is 1190. The number of hydrogen-bond acceptors (Lipinski definition) is 6. The van der Waals surface area contributed by atoms with Gasteiger partial charge in [-0.2, -0.15) is 0 Å². The summed E-state index contributed by atoms with van der Waals surface area (Å²) in [4.78, 5) is 12.3. The number of carbonyl (C=O) groups excluding carboxylic acids is 1. The summed E-state index contributed by atoms with van der Waals surface area (Å²) in [5.41, 5.74) is 3.63. The van der Waals surface area contributed by atoms with Crippen molar-refractivity contribution in [3.63, 3.8) is 0 Å². The van der Waals surface area contributed by atoms with Crippen LogP contribution in [0.3, 0.4) is 0 Å². The van der Waals surface area contributed by atoms with Gasteiger partial charge in [0, 0.05) is 12.8 Å². The number of hydrogen-bond donors (Lipinski definition) is 4. The van der Waals surface area contributed by atoms with E-state index in [0.29, 0.717) is 31.6 Å². The molecule has 0 aliphatic heterocycles. The molecule has 0 aromatic heterocycles. The van der Waals surface area contributed by atoms with Gasteiger partial charge in [-0.05, 0) is 104 Å². The molecule has 0 aliphatic carbocycles. The Morgan fingerprint density at radius 3 is 2.42 bits per heavy atom. The van der Waals surface area contributed by atoms with Gasteiger partial charge in [0.25, 0.3) is 0 Å². The summed E-state index contributed by atoms with van der Waals surface area (Å²) in [5, 5.41) is 33.0. The van der Waals surface area contributed by atoms with Crippen LogP contribution in [0, 0.1) is 0 Å². The Labute approximate surface area is 225 Å². The van der Waals surface area contributed by atoms with Crippen molar-refractivity contribution in [1.29, 1.82) is 0 Å². The van der Waals surface area contributed by atoms with E-state index in [1.807, 2.05) is 25.3 Å². The standard InChI is InChI=1S/C32H39NO5/c1-33-20-7-5-3-2-4-6-8-27(34)14-9-24-10-18-31(37)32(22-24)38-21-19-26-13-17-29(36)23-30(26)25-11-15-28(35)16-12-25/h6,8,10-13,15-18,22-23,33,35-37H,2-5,7,9,14,19-21H2,1H3. The second-order valence-electron chi connectivity index (χ2n) is 9.46. The molecule has 4 N–H and O–H groups in total.